The summed E-state index contributed by atoms with van der Waals surface area (Å²) in [5.74, 6) is -4.00. The van der Waals surface area contributed by atoms with Crippen molar-refractivity contribution in [3.8, 4) is 0 Å². The number of aromatic nitrogens is 3. The zero-order valence-electron chi connectivity index (χ0n) is 14.4. The van der Waals surface area contributed by atoms with E-state index in [-0.39, 0.29) is 29.8 Å². The fraction of sp³-hybridized carbons (Fsp3) is 0.333. The zero-order chi connectivity index (χ0) is 20.8. The first-order valence-corrected chi connectivity index (χ1v) is 8.03. The predicted molar refractivity (Wildman–Crippen MR) is 94.3 cm³/mol. The number of nitrogens with zero attached hydrogens (tertiary/aromatic N) is 1. The van der Waals surface area contributed by atoms with Crippen LogP contribution in [0.3, 0.4) is 0 Å². The van der Waals surface area contributed by atoms with Crippen LogP contribution in [0.4, 0.5) is 5.95 Å². The summed E-state index contributed by atoms with van der Waals surface area (Å²) in [6, 6.07) is 0.0459. The molecule has 0 aliphatic heterocycles. The topological polar surface area (TPSA) is 220 Å². The van der Waals surface area contributed by atoms with Crippen molar-refractivity contribution >= 4 is 40.7 Å². The van der Waals surface area contributed by atoms with Gasteiger partial charge in [-0.2, -0.15) is 4.98 Å². The second-order valence-corrected chi connectivity index (χ2v) is 5.85. The number of carboxylic acid groups (broad SMARTS) is 2. The Labute approximate surface area is 156 Å². The number of carbonyl (C=O) groups is 4. The number of fused-ring (bicyclic) bond motifs is 1. The van der Waals surface area contributed by atoms with Crippen LogP contribution in [-0.2, 0) is 25.6 Å². The normalized spacial score (nSPS) is 11.7. The number of nitrogens with two attached hydrogens (primary N) is 1. The SMILES string of the molecule is Nc1nc2[nH]c(CC(=O)NCC(=O)N[C@@H](CCC(=O)O)C(=O)O)cc2c(=O)[nH]1. The molecule has 0 spiro atoms. The third-order valence-corrected chi connectivity index (χ3v) is 3.65. The molecule has 13 heteroatoms. The Balaban J connectivity index is 1.88. The standard InChI is InChI=1S/C15H18N6O7/c16-15-20-12-7(13(26)21-15)3-6(18-12)4-9(22)17-5-10(23)19-8(14(27)28)1-2-11(24)25/h3,8H,1-2,4-5H2,(H,17,22)(H,19,23)(H,24,25)(H,27,28)(H4,16,18,20,21,26)/t8-/m0/s1. The Bertz CT molecular complexity index is 979. The van der Waals surface area contributed by atoms with Gasteiger partial charge < -0.3 is 31.6 Å². The Morgan fingerprint density at radius 2 is 1.89 bits per heavy atom. The molecule has 0 bridgehead atoms. The lowest BCUT2D eigenvalue weighted by molar-refractivity contribution is -0.142. The fourth-order valence-electron chi connectivity index (χ4n) is 2.37. The number of aliphatic carboxylic acids is 2. The van der Waals surface area contributed by atoms with E-state index in [2.05, 4.69) is 25.6 Å². The molecule has 1 atom stereocenters. The monoisotopic (exact) mass is 394 g/mol. The molecular formula is C15H18N6O7. The van der Waals surface area contributed by atoms with Gasteiger partial charge >= 0.3 is 11.9 Å². The lowest BCUT2D eigenvalue weighted by Crippen LogP contribution is -2.45. The molecule has 2 aromatic heterocycles. The number of amides is 2. The molecule has 0 radical (unpaired) electrons. The average molecular weight is 394 g/mol. The van der Waals surface area contributed by atoms with Crippen LogP contribution >= 0.6 is 0 Å². The summed E-state index contributed by atoms with van der Waals surface area (Å²) in [5, 5.41) is 22.2. The van der Waals surface area contributed by atoms with Crippen molar-refractivity contribution in [2.45, 2.75) is 25.3 Å². The maximum Gasteiger partial charge on any atom is 0.326 e. The minimum atomic E-state index is -1.38. The molecule has 0 aliphatic carbocycles. The number of rotatable bonds is 9. The smallest absolute Gasteiger partial charge is 0.326 e. The first kappa shape index (κ1) is 20.4. The van der Waals surface area contributed by atoms with E-state index < -0.39 is 48.3 Å². The van der Waals surface area contributed by atoms with Gasteiger partial charge in [-0.25, -0.2) is 4.79 Å². The summed E-state index contributed by atoms with van der Waals surface area (Å²) in [5.41, 5.74) is 5.54. The lowest BCUT2D eigenvalue weighted by Gasteiger charge is -2.13. The van der Waals surface area contributed by atoms with Crippen LogP contribution in [0.1, 0.15) is 18.5 Å². The van der Waals surface area contributed by atoms with Crippen LogP contribution in [0, 0.1) is 0 Å². The van der Waals surface area contributed by atoms with Gasteiger partial charge in [0.15, 0.2) is 0 Å². The summed E-state index contributed by atoms with van der Waals surface area (Å²) in [6.45, 7) is -0.498. The van der Waals surface area contributed by atoms with Crippen molar-refractivity contribution in [3.05, 3.63) is 22.1 Å². The third kappa shape index (κ3) is 5.55. The van der Waals surface area contributed by atoms with E-state index in [0.29, 0.717) is 5.69 Å². The number of hydrogen-bond acceptors (Lipinski definition) is 7. The molecule has 2 heterocycles. The van der Waals surface area contributed by atoms with Gasteiger partial charge in [0.2, 0.25) is 17.8 Å². The molecule has 2 amide bonds. The highest BCUT2D eigenvalue weighted by atomic mass is 16.4. The van der Waals surface area contributed by atoms with Crippen molar-refractivity contribution in [2.24, 2.45) is 0 Å². The number of nitrogen functional groups attached to an aromatic ring is 1. The van der Waals surface area contributed by atoms with Gasteiger partial charge in [-0.15, -0.1) is 0 Å². The van der Waals surface area contributed by atoms with Gasteiger partial charge in [-0.1, -0.05) is 0 Å². The van der Waals surface area contributed by atoms with Crippen LogP contribution < -0.4 is 21.9 Å². The largest absolute Gasteiger partial charge is 0.481 e. The molecule has 150 valence electrons. The van der Waals surface area contributed by atoms with Crippen LogP contribution in [0.25, 0.3) is 11.0 Å². The van der Waals surface area contributed by atoms with Gasteiger partial charge in [0.05, 0.1) is 18.4 Å². The molecular weight excluding hydrogens is 376 g/mol. The predicted octanol–water partition coefficient (Wildman–Crippen LogP) is -2.07. The minimum Gasteiger partial charge on any atom is -0.481 e. The molecule has 0 aliphatic rings. The van der Waals surface area contributed by atoms with E-state index in [9.17, 15) is 24.0 Å². The molecule has 13 nitrogen and oxygen atoms in total. The van der Waals surface area contributed by atoms with Crippen molar-refractivity contribution in [3.63, 3.8) is 0 Å². The summed E-state index contributed by atoms with van der Waals surface area (Å²) in [7, 11) is 0. The van der Waals surface area contributed by atoms with E-state index in [1.165, 1.54) is 6.07 Å². The van der Waals surface area contributed by atoms with Gasteiger partial charge in [0, 0.05) is 12.1 Å². The second kappa shape index (κ2) is 8.66. The van der Waals surface area contributed by atoms with Crippen molar-refractivity contribution in [2.75, 3.05) is 12.3 Å². The number of H-pyrrole nitrogens is 2. The van der Waals surface area contributed by atoms with Crippen molar-refractivity contribution in [1.82, 2.24) is 25.6 Å². The summed E-state index contributed by atoms with van der Waals surface area (Å²) >= 11 is 0. The fourth-order valence-corrected chi connectivity index (χ4v) is 2.37. The highest BCUT2D eigenvalue weighted by Gasteiger charge is 2.21. The minimum absolute atomic E-state index is 0.0806. The quantitative estimate of drug-likeness (QED) is 0.248. The van der Waals surface area contributed by atoms with Gasteiger partial charge in [-0.3, -0.25) is 24.2 Å². The van der Waals surface area contributed by atoms with E-state index in [4.69, 9.17) is 15.9 Å². The Morgan fingerprint density at radius 3 is 2.54 bits per heavy atom. The lowest BCUT2D eigenvalue weighted by atomic mass is 10.1. The molecule has 0 fully saturated rings. The second-order valence-electron chi connectivity index (χ2n) is 5.85. The van der Waals surface area contributed by atoms with E-state index in [0.717, 1.165) is 0 Å². The van der Waals surface area contributed by atoms with E-state index in [1.54, 1.807) is 0 Å². The molecule has 0 unspecified atom stereocenters. The highest BCUT2D eigenvalue weighted by Crippen LogP contribution is 2.10. The Hall–Kier alpha value is -3.90. The highest BCUT2D eigenvalue weighted by molar-refractivity contribution is 5.89. The van der Waals surface area contributed by atoms with Gasteiger partial charge in [0.1, 0.15) is 11.7 Å². The number of nitrogens with one attached hydrogen (secondary N) is 4. The van der Waals surface area contributed by atoms with E-state index >= 15 is 0 Å². The Morgan fingerprint density at radius 1 is 1.18 bits per heavy atom. The van der Waals surface area contributed by atoms with Crippen LogP contribution in [-0.4, -0.2) is 61.5 Å². The molecule has 28 heavy (non-hydrogen) atoms. The summed E-state index contributed by atoms with van der Waals surface area (Å²) in [6.07, 6.45) is -0.907. The van der Waals surface area contributed by atoms with Crippen molar-refractivity contribution < 1.29 is 29.4 Å². The van der Waals surface area contributed by atoms with Crippen LogP contribution in [0.5, 0.6) is 0 Å². The molecule has 8 N–H and O–H groups in total. The average Bonchev–Trinajstić information content (AvgIpc) is 2.98. The van der Waals surface area contributed by atoms with Gasteiger partial charge in [-0.05, 0) is 12.5 Å². The molecule has 2 aromatic rings. The first-order valence-electron chi connectivity index (χ1n) is 8.03. The number of carboxylic acids is 2. The van der Waals surface area contributed by atoms with Crippen LogP contribution in [0.15, 0.2) is 10.9 Å². The van der Waals surface area contributed by atoms with E-state index in [1.807, 2.05) is 0 Å². The van der Waals surface area contributed by atoms with Crippen LogP contribution in [0.2, 0.25) is 0 Å². The molecule has 0 aromatic carbocycles. The molecule has 0 saturated heterocycles. The molecule has 2 rings (SSSR count). The van der Waals surface area contributed by atoms with Crippen molar-refractivity contribution in [1.29, 1.82) is 0 Å². The first-order chi connectivity index (χ1) is 13.2. The number of aromatic amines is 2. The zero-order valence-corrected chi connectivity index (χ0v) is 14.4. The number of hydrogen-bond donors (Lipinski definition) is 7. The summed E-state index contributed by atoms with van der Waals surface area (Å²) < 4.78 is 0. The van der Waals surface area contributed by atoms with Gasteiger partial charge in [0.25, 0.3) is 5.56 Å². The Kier molecular flexibility index (Phi) is 6.31. The maximum atomic E-state index is 11.9. The number of anilines is 1. The third-order valence-electron chi connectivity index (χ3n) is 3.65. The number of carbonyl (C=O) groups excluding carboxylic acids is 2. The molecule has 0 saturated carbocycles. The maximum absolute atomic E-state index is 11.9. The summed E-state index contributed by atoms with van der Waals surface area (Å²) in [4.78, 5) is 65.9.